The summed E-state index contributed by atoms with van der Waals surface area (Å²) in [5, 5.41) is 7.47. The lowest BCUT2D eigenvalue weighted by Gasteiger charge is -2.11. The Morgan fingerprint density at radius 3 is 2.40 bits per heavy atom. The van der Waals surface area contributed by atoms with Gasteiger partial charge < -0.3 is 9.88 Å². The van der Waals surface area contributed by atoms with E-state index in [4.69, 9.17) is 23.2 Å². The lowest BCUT2D eigenvalue weighted by atomic mass is 10.2. The molecule has 0 bridgehead atoms. The molecular weight excluding hydrogens is 491 g/mol. The molecule has 0 aliphatic heterocycles. The van der Waals surface area contributed by atoms with E-state index < -0.39 is 11.8 Å². The van der Waals surface area contributed by atoms with Crippen molar-refractivity contribution in [1.82, 2.24) is 9.99 Å². The van der Waals surface area contributed by atoms with Crippen LogP contribution in [0.5, 0.6) is 0 Å². The first-order valence-corrected chi connectivity index (χ1v) is 10.4. The van der Waals surface area contributed by atoms with Crippen molar-refractivity contribution in [1.29, 1.82) is 0 Å². The maximum Gasteiger partial charge on any atom is 0.329 e. The van der Waals surface area contributed by atoms with Gasteiger partial charge in [0, 0.05) is 32.1 Å². The quantitative estimate of drug-likeness (QED) is 0.287. The second-order valence-corrected chi connectivity index (χ2v) is 8.18. The highest BCUT2D eigenvalue weighted by molar-refractivity contribution is 9.10. The minimum absolute atomic E-state index is 0.505. The number of carbonyl (C=O) groups is 2. The van der Waals surface area contributed by atoms with Crippen LogP contribution in [-0.4, -0.2) is 22.6 Å². The van der Waals surface area contributed by atoms with Crippen molar-refractivity contribution in [2.75, 3.05) is 5.32 Å². The average Bonchev–Trinajstić information content (AvgIpc) is 2.97. The van der Waals surface area contributed by atoms with Gasteiger partial charge in [0.1, 0.15) is 0 Å². The normalized spacial score (nSPS) is 11.0. The van der Waals surface area contributed by atoms with Crippen LogP contribution in [0.15, 0.2) is 58.1 Å². The Labute approximate surface area is 192 Å². The molecule has 0 radical (unpaired) electrons. The number of carbonyl (C=O) groups excluding carboxylic acids is 2. The molecule has 1 heterocycles. The number of aromatic nitrogens is 1. The molecule has 3 rings (SSSR count). The molecular formula is C21H17BrCl2N4O2. The summed E-state index contributed by atoms with van der Waals surface area (Å²) < 4.78 is 2.83. The van der Waals surface area contributed by atoms with Gasteiger partial charge in [0.2, 0.25) is 0 Å². The average molecular weight is 508 g/mol. The number of halogens is 3. The van der Waals surface area contributed by atoms with Gasteiger partial charge in [0.05, 0.1) is 16.9 Å². The highest BCUT2D eigenvalue weighted by atomic mass is 79.9. The lowest BCUT2D eigenvalue weighted by molar-refractivity contribution is -0.136. The molecule has 0 aliphatic carbocycles. The van der Waals surface area contributed by atoms with E-state index in [0.29, 0.717) is 15.7 Å². The molecule has 0 saturated carbocycles. The summed E-state index contributed by atoms with van der Waals surface area (Å²) in [5.74, 6) is -1.68. The third kappa shape index (κ3) is 5.11. The lowest BCUT2D eigenvalue weighted by Crippen LogP contribution is -2.32. The van der Waals surface area contributed by atoms with Gasteiger partial charge in [0.25, 0.3) is 0 Å². The minimum atomic E-state index is -0.872. The number of nitrogens with zero attached hydrogens (tertiary/aromatic N) is 2. The zero-order valence-corrected chi connectivity index (χ0v) is 19.1. The van der Waals surface area contributed by atoms with Crippen LogP contribution in [0, 0.1) is 13.8 Å². The van der Waals surface area contributed by atoms with Gasteiger partial charge in [-0.3, -0.25) is 9.59 Å². The van der Waals surface area contributed by atoms with Gasteiger partial charge in [-0.25, -0.2) is 5.43 Å². The molecule has 30 heavy (non-hydrogen) atoms. The Balaban J connectivity index is 1.70. The van der Waals surface area contributed by atoms with Crippen molar-refractivity contribution in [3.8, 4) is 5.69 Å². The molecule has 9 heteroatoms. The second kappa shape index (κ2) is 9.47. The number of benzene rings is 2. The maximum absolute atomic E-state index is 12.0. The number of anilines is 1. The topological polar surface area (TPSA) is 75.5 Å². The van der Waals surface area contributed by atoms with E-state index in [0.717, 1.165) is 27.1 Å². The first kappa shape index (κ1) is 22.1. The van der Waals surface area contributed by atoms with Crippen molar-refractivity contribution < 1.29 is 9.59 Å². The van der Waals surface area contributed by atoms with E-state index in [1.54, 1.807) is 36.4 Å². The Kier molecular flexibility index (Phi) is 6.97. The van der Waals surface area contributed by atoms with Gasteiger partial charge in [0.15, 0.2) is 0 Å². The molecule has 0 fully saturated rings. The molecule has 6 nitrogen and oxygen atoms in total. The van der Waals surface area contributed by atoms with Crippen molar-refractivity contribution in [3.63, 3.8) is 0 Å². The first-order valence-electron chi connectivity index (χ1n) is 8.80. The van der Waals surface area contributed by atoms with Crippen LogP contribution in [-0.2, 0) is 9.59 Å². The molecule has 0 aliphatic rings. The summed E-state index contributed by atoms with van der Waals surface area (Å²) in [5.41, 5.74) is 6.09. The standard InChI is InChI=1S/C21H17BrCl2N4O2/c1-12-9-14(13(2)28(12)19-8-5-16(23)10-18(19)24)11-25-27-21(30)20(29)26-17-6-3-15(22)4-7-17/h3-11H,1-2H3,(H,26,29)(H,27,30). The van der Waals surface area contributed by atoms with Gasteiger partial charge >= 0.3 is 11.8 Å². The zero-order valence-electron chi connectivity index (χ0n) is 16.0. The molecule has 1 aromatic heterocycles. The van der Waals surface area contributed by atoms with E-state index in [1.807, 2.05) is 30.5 Å². The van der Waals surface area contributed by atoms with Crippen LogP contribution in [0.25, 0.3) is 5.69 Å². The van der Waals surface area contributed by atoms with Crippen LogP contribution >= 0.6 is 39.1 Å². The molecule has 154 valence electrons. The zero-order chi connectivity index (χ0) is 21.8. The number of rotatable bonds is 4. The van der Waals surface area contributed by atoms with E-state index in [2.05, 4.69) is 31.8 Å². The number of hydrogen-bond acceptors (Lipinski definition) is 3. The first-order chi connectivity index (χ1) is 14.3. The van der Waals surface area contributed by atoms with E-state index in [-0.39, 0.29) is 0 Å². The fraction of sp³-hybridized carbons (Fsp3) is 0.0952. The Morgan fingerprint density at radius 2 is 1.73 bits per heavy atom. The number of hydrazone groups is 1. The van der Waals surface area contributed by atoms with Crippen molar-refractivity contribution in [2.45, 2.75) is 13.8 Å². The summed E-state index contributed by atoms with van der Waals surface area (Å²) in [6.45, 7) is 3.83. The second-order valence-electron chi connectivity index (χ2n) is 6.42. The highest BCUT2D eigenvalue weighted by Gasteiger charge is 2.14. The molecule has 2 amide bonds. The van der Waals surface area contributed by atoms with Crippen LogP contribution in [0.2, 0.25) is 10.0 Å². The number of hydrogen-bond donors (Lipinski definition) is 2. The van der Waals surface area contributed by atoms with Gasteiger partial charge in [-0.1, -0.05) is 39.1 Å². The Morgan fingerprint density at radius 1 is 1.03 bits per heavy atom. The largest absolute Gasteiger partial charge is 0.329 e. The Bertz CT molecular complexity index is 1140. The fourth-order valence-corrected chi connectivity index (χ4v) is 3.64. The predicted molar refractivity (Wildman–Crippen MR) is 124 cm³/mol. The molecule has 2 N–H and O–H groups in total. The van der Waals surface area contributed by atoms with Gasteiger partial charge in [-0.05, 0) is 62.4 Å². The van der Waals surface area contributed by atoms with Crippen molar-refractivity contribution in [2.24, 2.45) is 5.10 Å². The number of amides is 2. The van der Waals surface area contributed by atoms with Crippen LogP contribution in [0.3, 0.4) is 0 Å². The summed E-state index contributed by atoms with van der Waals surface area (Å²) in [6, 6.07) is 14.0. The van der Waals surface area contributed by atoms with Crippen LogP contribution in [0.4, 0.5) is 5.69 Å². The molecule has 0 unspecified atom stereocenters. The van der Waals surface area contributed by atoms with Gasteiger partial charge in [-0.15, -0.1) is 0 Å². The number of nitrogens with one attached hydrogen (secondary N) is 2. The molecule has 0 atom stereocenters. The molecule has 2 aromatic carbocycles. The maximum atomic E-state index is 12.0. The third-order valence-electron chi connectivity index (χ3n) is 4.30. The monoisotopic (exact) mass is 506 g/mol. The van der Waals surface area contributed by atoms with Crippen LogP contribution in [0.1, 0.15) is 17.0 Å². The predicted octanol–water partition coefficient (Wildman–Crippen LogP) is 5.25. The smallest absolute Gasteiger partial charge is 0.318 e. The molecule has 0 spiro atoms. The van der Waals surface area contributed by atoms with Crippen molar-refractivity contribution in [3.05, 3.63) is 80.0 Å². The third-order valence-corrected chi connectivity index (χ3v) is 5.37. The van der Waals surface area contributed by atoms with Gasteiger partial charge in [-0.2, -0.15) is 5.10 Å². The minimum Gasteiger partial charge on any atom is -0.318 e. The van der Waals surface area contributed by atoms with Crippen molar-refractivity contribution >= 4 is 62.8 Å². The highest BCUT2D eigenvalue weighted by Crippen LogP contribution is 2.28. The fourth-order valence-electron chi connectivity index (χ4n) is 2.88. The molecule has 3 aromatic rings. The van der Waals surface area contributed by atoms with E-state index in [9.17, 15) is 9.59 Å². The molecule has 0 saturated heterocycles. The number of aryl methyl sites for hydroxylation is 1. The summed E-state index contributed by atoms with van der Waals surface area (Å²) in [7, 11) is 0. The van der Waals surface area contributed by atoms with E-state index >= 15 is 0 Å². The summed E-state index contributed by atoms with van der Waals surface area (Å²) in [6.07, 6.45) is 1.48. The van der Waals surface area contributed by atoms with E-state index in [1.165, 1.54) is 6.21 Å². The van der Waals surface area contributed by atoms with Crippen LogP contribution < -0.4 is 10.7 Å². The SMILES string of the molecule is Cc1cc(C=NNC(=O)C(=O)Nc2ccc(Br)cc2)c(C)n1-c1ccc(Cl)cc1Cl. The Hall–Kier alpha value is -2.61. The summed E-state index contributed by atoms with van der Waals surface area (Å²) in [4.78, 5) is 24.0. The summed E-state index contributed by atoms with van der Waals surface area (Å²) >= 11 is 15.6.